The summed E-state index contributed by atoms with van der Waals surface area (Å²) in [6, 6.07) is 26.9. The molecule has 0 saturated heterocycles. The number of rotatable bonds is 10. The van der Waals surface area contributed by atoms with Crippen molar-refractivity contribution in [2.45, 2.75) is 6.92 Å². The molecule has 0 spiro atoms. The Balaban J connectivity index is 1.48. The maximum Gasteiger partial charge on any atom is 0.243 e. The van der Waals surface area contributed by atoms with Gasteiger partial charge in [-0.1, -0.05) is 42.5 Å². The van der Waals surface area contributed by atoms with E-state index < -0.39 is 0 Å². The van der Waals surface area contributed by atoms with E-state index in [1.807, 2.05) is 96.8 Å². The van der Waals surface area contributed by atoms with E-state index in [4.69, 9.17) is 9.47 Å². The van der Waals surface area contributed by atoms with Crippen molar-refractivity contribution in [2.24, 2.45) is 0 Å². The summed E-state index contributed by atoms with van der Waals surface area (Å²) in [5, 5.41) is 2.94. The van der Waals surface area contributed by atoms with Crippen molar-refractivity contribution in [2.75, 3.05) is 36.5 Å². The first kappa shape index (κ1) is 20.3. The van der Waals surface area contributed by atoms with E-state index in [9.17, 15) is 4.79 Å². The molecule has 0 aliphatic rings. The number of ether oxygens (including phenoxy) is 2. The molecule has 3 aromatic rings. The minimum absolute atomic E-state index is 0.0692. The Bertz CT molecular complexity index is 885. The minimum Gasteiger partial charge on any atom is -0.490 e. The lowest BCUT2D eigenvalue weighted by atomic mass is 10.2. The molecule has 3 aromatic carbocycles. The molecule has 0 fully saturated rings. The summed E-state index contributed by atoms with van der Waals surface area (Å²) in [5.41, 5.74) is 1.74. The quantitative estimate of drug-likeness (QED) is 0.514. The molecule has 1 amide bonds. The van der Waals surface area contributed by atoms with Crippen LogP contribution in [0.25, 0.3) is 0 Å². The third kappa shape index (κ3) is 6.57. The molecule has 5 nitrogen and oxygen atoms in total. The molecular weight excluding hydrogens is 364 g/mol. The zero-order chi connectivity index (χ0) is 20.3. The normalized spacial score (nSPS) is 10.2. The number of anilines is 2. The van der Waals surface area contributed by atoms with Gasteiger partial charge in [-0.05, 0) is 43.3 Å². The van der Waals surface area contributed by atoms with Crippen molar-refractivity contribution in [3.8, 4) is 11.5 Å². The Morgan fingerprint density at radius 3 is 2.14 bits per heavy atom. The van der Waals surface area contributed by atoms with Gasteiger partial charge in [0.05, 0.1) is 6.54 Å². The first-order valence-electron chi connectivity index (χ1n) is 9.75. The molecule has 29 heavy (non-hydrogen) atoms. The fourth-order valence-corrected chi connectivity index (χ4v) is 2.90. The predicted octanol–water partition coefficient (Wildman–Crippen LogP) is 4.61. The molecule has 0 aromatic heterocycles. The first-order chi connectivity index (χ1) is 14.2. The van der Waals surface area contributed by atoms with E-state index in [1.54, 1.807) is 0 Å². The number of benzene rings is 3. The highest BCUT2D eigenvalue weighted by molar-refractivity contribution is 5.94. The van der Waals surface area contributed by atoms with Crippen LogP contribution in [0.5, 0.6) is 11.5 Å². The zero-order valence-electron chi connectivity index (χ0n) is 16.6. The van der Waals surface area contributed by atoms with Crippen LogP contribution in [0.1, 0.15) is 6.92 Å². The molecule has 0 heterocycles. The number of carbonyl (C=O) groups excluding carboxylic acids is 1. The largest absolute Gasteiger partial charge is 0.490 e. The van der Waals surface area contributed by atoms with Crippen LogP contribution < -0.4 is 19.7 Å². The van der Waals surface area contributed by atoms with Crippen molar-refractivity contribution in [3.63, 3.8) is 0 Å². The van der Waals surface area contributed by atoms with E-state index in [2.05, 4.69) is 5.32 Å². The average molecular weight is 390 g/mol. The molecule has 0 aliphatic carbocycles. The van der Waals surface area contributed by atoms with Gasteiger partial charge in [0.25, 0.3) is 0 Å². The van der Waals surface area contributed by atoms with Crippen molar-refractivity contribution < 1.29 is 14.3 Å². The fourth-order valence-electron chi connectivity index (χ4n) is 2.90. The molecule has 0 bridgehead atoms. The molecular formula is C24H26N2O3. The number of likely N-dealkylation sites (N-methyl/N-ethyl adjacent to an activating group) is 1. The molecule has 0 unspecified atom stereocenters. The SMILES string of the molecule is CCN(CC(=O)Nc1cccc(OCCOc2ccccc2)c1)c1ccccc1. The third-order valence-electron chi connectivity index (χ3n) is 4.32. The minimum atomic E-state index is -0.0692. The van der Waals surface area contributed by atoms with Crippen molar-refractivity contribution in [3.05, 3.63) is 84.9 Å². The number of carbonyl (C=O) groups is 1. The van der Waals surface area contributed by atoms with Gasteiger partial charge >= 0.3 is 0 Å². The van der Waals surface area contributed by atoms with Crippen LogP contribution in [0.2, 0.25) is 0 Å². The highest BCUT2D eigenvalue weighted by Gasteiger charge is 2.10. The van der Waals surface area contributed by atoms with Crippen molar-refractivity contribution in [1.82, 2.24) is 0 Å². The summed E-state index contributed by atoms with van der Waals surface area (Å²) in [7, 11) is 0. The second-order valence-electron chi connectivity index (χ2n) is 6.44. The number of amides is 1. The fraction of sp³-hybridized carbons (Fsp3) is 0.208. The molecule has 0 saturated carbocycles. The predicted molar refractivity (Wildman–Crippen MR) is 117 cm³/mol. The van der Waals surface area contributed by atoms with Gasteiger partial charge in [-0.3, -0.25) is 4.79 Å². The second-order valence-corrected chi connectivity index (χ2v) is 6.44. The Kier molecular flexibility index (Phi) is 7.52. The topological polar surface area (TPSA) is 50.8 Å². The Morgan fingerprint density at radius 1 is 0.828 bits per heavy atom. The summed E-state index contributed by atoms with van der Waals surface area (Å²) < 4.78 is 11.4. The maximum atomic E-state index is 12.5. The standard InChI is InChI=1S/C24H26N2O3/c1-2-26(21-11-5-3-6-12-21)19-24(27)25-20-10-9-15-23(18-20)29-17-16-28-22-13-7-4-8-14-22/h3-15,18H,2,16-17,19H2,1H3,(H,25,27). The van der Waals surface area contributed by atoms with Gasteiger partial charge in [0.2, 0.25) is 5.91 Å². The average Bonchev–Trinajstić information content (AvgIpc) is 2.77. The van der Waals surface area contributed by atoms with Crippen LogP contribution in [0.15, 0.2) is 84.9 Å². The molecule has 1 N–H and O–H groups in total. The summed E-state index contributed by atoms with van der Waals surface area (Å²) in [5.74, 6) is 1.44. The Hall–Kier alpha value is -3.47. The number of nitrogens with zero attached hydrogens (tertiary/aromatic N) is 1. The molecule has 150 valence electrons. The summed E-state index contributed by atoms with van der Waals surface area (Å²) in [6.45, 7) is 3.94. The Morgan fingerprint density at radius 2 is 1.45 bits per heavy atom. The summed E-state index contributed by atoms with van der Waals surface area (Å²) in [4.78, 5) is 14.5. The van der Waals surface area contributed by atoms with E-state index in [0.717, 1.165) is 18.0 Å². The van der Waals surface area contributed by atoms with Crippen LogP contribution in [-0.4, -0.2) is 32.2 Å². The lowest BCUT2D eigenvalue weighted by Gasteiger charge is -2.22. The second kappa shape index (κ2) is 10.8. The van der Waals surface area contributed by atoms with E-state index >= 15 is 0 Å². The zero-order valence-corrected chi connectivity index (χ0v) is 16.6. The molecule has 0 radical (unpaired) electrons. The van der Waals surface area contributed by atoms with Crippen molar-refractivity contribution >= 4 is 17.3 Å². The molecule has 0 aliphatic heterocycles. The Labute approximate surface area is 171 Å². The first-order valence-corrected chi connectivity index (χ1v) is 9.75. The van der Waals surface area contributed by atoms with Gasteiger partial charge in [-0.2, -0.15) is 0 Å². The van der Waals surface area contributed by atoms with E-state index in [0.29, 0.717) is 24.7 Å². The van der Waals surface area contributed by atoms with Crippen LogP contribution in [0.3, 0.4) is 0 Å². The van der Waals surface area contributed by atoms with Crippen molar-refractivity contribution in [1.29, 1.82) is 0 Å². The van der Waals surface area contributed by atoms with Gasteiger partial charge < -0.3 is 19.7 Å². The number of para-hydroxylation sites is 2. The van der Waals surface area contributed by atoms with Gasteiger partial charge in [-0.15, -0.1) is 0 Å². The lowest BCUT2D eigenvalue weighted by molar-refractivity contribution is -0.115. The van der Waals surface area contributed by atoms with Crippen LogP contribution in [0, 0.1) is 0 Å². The number of hydrogen-bond acceptors (Lipinski definition) is 4. The van der Waals surface area contributed by atoms with Gasteiger partial charge in [0.1, 0.15) is 24.7 Å². The highest BCUT2D eigenvalue weighted by Crippen LogP contribution is 2.18. The van der Waals surface area contributed by atoms with Crippen LogP contribution in [0.4, 0.5) is 11.4 Å². The van der Waals surface area contributed by atoms with E-state index in [-0.39, 0.29) is 12.5 Å². The van der Waals surface area contributed by atoms with Gasteiger partial charge in [0, 0.05) is 24.0 Å². The van der Waals surface area contributed by atoms with Crippen LogP contribution in [-0.2, 0) is 4.79 Å². The summed E-state index contributed by atoms with van der Waals surface area (Å²) >= 11 is 0. The third-order valence-corrected chi connectivity index (χ3v) is 4.32. The maximum absolute atomic E-state index is 12.5. The summed E-state index contributed by atoms with van der Waals surface area (Å²) in [6.07, 6.45) is 0. The number of nitrogens with one attached hydrogen (secondary N) is 1. The highest BCUT2D eigenvalue weighted by atomic mass is 16.5. The molecule has 3 rings (SSSR count). The monoisotopic (exact) mass is 390 g/mol. The lowest BCUT2D eigenvalue weighted by Crippen LogP contribution is -2.33. The van der Waals surface area contributed by atoms with E-state index in [1.165, 1.54) is 0 Å². The van der Waals surface area contributed by atoms with Gasteiger partial charge in [0.15, 0.2) is 0 Å². The van der Waals surface area contributed by atoms with Gasteiger partial charge in [-0.25, -0.2) is 0 Å². The van der Waals surface area contributed by atoms with Crippen LogP contribution >= 0.6 is 0 Å². The smallest absolute Gasteiger partial charge is 0.243 e. The molecule has 0 atom stereocenters. The molecule has 5 heteroatoms. The number of hydrogen-bond donors (Lipinski definition) is 1.